The number of hydrogen-bond acceptors (Lipinski definition) is 6. The third-order valence-electron chi connectivity index (χ3n) is 3.51. The Hall–Kier alpha value is -1.97. The number of ether oxygens (including phenoxy) is 3. The summed E-state index contributed by atoms with van der Waals surface area (Å²) in [5.41, 5.74) is 1.38. The molecule has 0 aliphatic rings. The van der Waals surface area contributed by atoms with Crippen molar-refractivity contribution in [3.05, 3.63) is 36.2 Å². The third kappa shape index (κ3) is 4.85. The summed E-state index contributed by atoms with van der Waals surface area (Å²) in [6.45, 7) is -2.92. The van der Waals surface area contributed by atoms with Crippen LogP contribution in [0.15, 0.2) is 35.6 Å². The predicted molar refractivity (Wildman–Crippen MR) is 90.2 cm³/mol. The molecule has 0 bridgehead atoms. The first kappa shape index (κ1) is 21.3. The minimum absolute atomic E-state index is 0. The molecule has 3 aromatic rings. The quantitative estimate of drug-likeness (QED) is 0.441. The van der Waals surface area contributed by atoms with Crippen molar-refractivity contribution in [2.24, 2.45) is 0 Å². The number of benzene rings is 1. The number of H-pyrrole nitrogens is 1. The van der Waals surface area contributed by atoms with Gasteiger partial charge in [-0.05, 0) is 12.1 Å². The van der Waals surface area contributed by atoms with Gasteiger partial charge in [-0.3, -0.25) is 9.97 Å². The molecule has 2 heterocycles. The van der Waals surface area contributed by atoms with E-state index in [0.29, 0.717) is 28.2 Å². The van der Waals surface area contributed by atoms with E-state index in [2.05, 4.69) is 19.7 Å². The van der Waals surface area contributed by atoms with Crippen LogP contribution >= 0.6 is 0 Å². The van der Waals surface area contributed by atoms with Gasteiger partial charge in [0.2, 0.25) is 0 Å². The van der Waals surface area contributed by atoms with E-state index < -0.39 is 17.8 Å². The van der Waals surface area contributed by atoms with Crippen LogP contribution in [0, 0.1) is 0 Å². The monoisotopic (exact) mass is 447 g/mol. The summed E-state index contributed by atoms with van der Waals surface area (Å²) < 4.78 is 52.1. The molecule has 0 aliphatic carbocycles. The number of hydrogen-bond donors (Lipinski definition) is 1. The summed E-state index contributed by atoms with van der Waals surface area (Å²) in [6, 6.07) is 5.89. The summed E-state index contributed by atoms with van der Waals surface area (Å²) in [4.78, 5) is 11.3. The Bertz CT molecular complexity index is 913. The second-order valence-electron chi connectivity index (χ2n) is 5.08. The van der Waals surface area contributed by atoms with E-state index in [1.807, 2.05) is 0 Å². The number of nitrogens with one attached hydrogen (secondary N) is 1. The second kappa shape index (κ2) is 9.30. The van der Waals surface area contributed by atoms with E-state index in [1.165, 1.54) is 38.6 Å². The fraction of sp³-hybridized carbons (Fsp3) is 0.250. The molecular formula is C16H15F2N3O4SZn. The summed E-state index contributed by atoms with van der Waals surface area (Å²) in [7, 11) is 2.97. The standard InChI is InChI=1S/C16H15F2N3O4S.Zn/c1-23-13-5-6-19-12(14(13)24-2)8-26(22)16-20-10-4-3-9(25-15(17)18)7-11(10)21-16;/h3-7,15H,8H2,1-2H3,(H,20,21);. The molecule has 140 valence electrons. The van der Waals surface area contributed by atoms with Gasteiger partial charge >= 0.3 is 11.8 Å². The van der Waals surface area contributed by atoms with E-state index in [-0.39, 0.29) is 36.1 Å². The fourth-order valence-corrected chi connectivity index (χ4v) is 3.41. The Morgan fingerprint density at radius 1 is 1.22 bits per heavy atom. The topological polar surface area (TPSA) is 92.3 Å². The summed E-state index contributed by atoms with van der Waals surface area (Å²) in [5.74, 6) is 0.908. The van der Waals surface area contributed by atoms with E-state index in [4.69, 9.17) is 9.47 Å². The average molecular weight is 449 g/mol. The van der Waals surface area contributed by atoms with Crippen molar-refractivity contribution >= 4 is 22.2 Å². The number of aromatic amines is 1. The Balaban J connectivity index is 0.00000261. The van der Waals surface area contributed by atoms with Crippen LogP contribution in [0.2, 0.25) is 0 Å². The van der Waals surface area contributed by atoms with Crippen molar-refractivity contribution in [3.8, 4) is 17.2 Å². The summed E-state index contributed by atoms with van der Waals surface area (Å²) in [5, 5.41) is 0.195. The van der Waals surface area contributed by atoms with Crippen LogP contribution in [0.1, 0.15) is 5.69 Å². The van der Waals surface area contributed by atoms with Crippen LogP contribution in [0.25, 0.3) is 11.0 Å². The Kier molecular flexibility index (Phi) is 7.35. The second-order valence-corrected chi connectivity index (χ2v) is 6.45. The smallest absolute Gasteiger partial charge is 0.387 e. The van der Waals surface area contributed by atoms with Gasteiger partial charge < -0.3 is 18.8 Å². The largest absolute Gasteiger partial charge is 0.609 e. The minimum Gasteiger partial charge on any atom is -0.609 e. The van der Waals surface area contributed by atoms with Gasteiger partial charge in [0.15, 0.2) is 17.3 Å². The molecule has 1 N–H and O–H groups in total. The van der Waals surface area contributed by atoms with Crippen LogP contribution in [0.5, 0.6) is 17.2 Å². The van der Waals surface area contributed by atoms with Gasteiger partial charge in [0.25, 0.3) is 0 Å². The number of methoxy groups -OCH3 is 2. The first-order chi connectivity index (χ1) is 12.5. The molecule has 1 aromatic carbocycles. The number of halogens is 2. The Morgan fingerprint density at radius 2 is 2.00 bits per heavy atom. The molecule has 2 aromatic heterocycles. The van der Waals surface area contributed by atoms with E-state index in [1.54, 1.807) is 6.07 Å². The third-order valence-corrected chi connectivity index (χ3v) is 4.67. The number of alkyl halides is 2. The molecule has 27 heavy (non-hydrogen) atoms. The average Bonchev–Trinajstić information content (AvgIpc) is 3.04. The molecule has 1 unspecified atom stereocenters. The van der Waals surface area contributed by atoms with Gasteiger partial charge in [0.05, 0.1) is 25.3 Å². The maximum atomic E-state index is 12.6. The molecule has 0 saturated heterocycles. The van der Waals surface area contributed by atoms with E-state index in [9.17, 15) is 13.3 Å². The van der Waals surface area contributed by atoms with Gasteiger partial charge in [0.1, 0.15) is 11.4 Å². The zero-order valence-corrected chi connectivity index (χ0v) is 18.4. The normalized spacial score (nSPS) is 11.9. The maximum Gasteiger partial charge on any atom is 0.387 e. The number of aromatic nitrogens is 3. The van der Waals surface area contributed by atoms with Crippen LogP contribution in [0.3, 0.4) is 0 Å². The molecule has 7 nitrogen and oxygen atoms in total. The molecule has 0 fully saturated rings. The number of fused-ring (bicyclic) bond motifs is 1. The molecule has 0 saturated carbocycles. The maximum absolute atomic E-state index is 12.6. The number of imidazole rings is 1. The fourth-order valence-electron chi connectivity index (χ4n) is 2.40. The van der Waals surface area contributed by atoms with Crippen molar-refractivity contribution in [2.75, 3.05) is 14.2 Å². The van der Waals surface area contributed by atoms with Crippen LogP contribution < -0.4 is 14.2 Å². The minimum atomic E-state index is -2.92. The molecule has 3 rings (SSSR count). The molecule has 0 amide bonds. The first-order valence-corrected chi connectivity index (χ1v) is 8.72. The van der Waals surface area contributed by atoms with Crippen LogP contribution in [-0.2, 0) is 36.4 Å². The predicted octanol–water partition coefficient (Wildman–Crippen LogP) is 2.88. The van der Waals surface area contributed by atoms with Gasteiger partial charge in [-0.1, -0.05) is 0 Å². The van der Waals surface area contributed by atoms with Gasteiger partial charge in [-0.25, -0.2) is 0 Å². The van der Waals surface area contributed by atoms with Gasteiger partial charge in [-0.15, -0.1) is 0 Å². The number of nitrogens with zero attached hydrogens (tertiary/aromatic N) is 2. The summed E-state index contributed by atoms with van der Waals surface area (Å²) >= 11 is -1.56. The van der Waals surface area contributed by atoms with E-state index in [0.717, 1.165) is 0 Å². The van der Waals surface area contributed by atoms with Crippen molar-refractivity contribution < 1.29 is 47.0 Å². The molecule has 0 spiro atoms. The van der Waals surface area contributed by atoms with Crippen molar-refractivity contribution in [2.45, 2.75) is 17.5 Å². The molecule has 0 aliphatic heterocycles. The summed E-state index contributed by atoms with van der Waals surface area (Å²) in [6.07, 6.45) is 1.53. The van der Waals surface area contributed by atoms with Crippen molar-refractivity contribution in [3.63, 3.8) is 0 Å². The molecule has 11 heteroatoms. The van der Waals surface area contributed by atoms with Gasteiger partial charge in [0, 0.05) is 49.0 Å². The van der Waals surface area contributed by atoms with Crippen LogP contribution in [-0.4, -0.2) is 40.3 Å². The zero-order chi connectivity index (χ0) is 18.7. The Morgan fingerprint density at radius 3 is 2.67 bits per heavy atom. The Labute approximate surface area is 169 Å². The van der Waals surface area contributed by atoms with Crippen LogP contribution in [0.4, 0.5) is 8.78 Å². The number of rotatable bonds is 7. The van der Waals surface area contributed by atoms with Crippen molar-refractivity contribution in [1.29, 1.82) is 0 Å². The first-order valence-electron chi connectivity index (χ1n) is 7.40. The molecule has 0 radical (unpaired) electrons. The van der Waals surface area contributed by atoms with Gasteiger partial charge in [-0.2, -0.15) is 13.8 Å². The number of pyridine rings is 1. The van der Waals surface area contributed by atoms with E-state index >= 15 is 0 Å². The zero-order valence-electron chi connectivity index (χ0n) is 14.6. The SMILES string of the molecule is COc1ccnc(C[S+]([O-])c2nc3ccc(OC(F)F)cc3[nH]2)c1OC.[Zn]. The molecule has 1 atom stereocenters. The molecular weight excluding hydrogens is 434 g/mol. The van der Waals surface area contributed by atoms with Crippen molar-refractivity contribution in [1.82, 2.24) is 15.0 Å².